The first-order valence-electron chi connectivity index (χ1n) is 3.20. The lowest BCUT2D eigenvalue weighted by molar-refractivity contribution is 0.182. The first-order chi connectivity index (χ1) is 4.24. The Hall–Kier alpha value is -0.340. The molecule has 1 atom stereocenters. The van der Waals surface area contributed by atoms with Crippen molar-refractivity contribution in [1.82, 2.24) is 0 Å². The second-order valence-electron chi connectivity index (χ2n) is 2.60. The fourth-order valence-electron chi connectivity index (χ4n) is 1.23. The number of aliphatic hydroxyl groups is 2. The van der Waals surface area contributed by atoms with Crippen LogP contribution in [0.15, 0.2) is 11.1 Å². The van der Waals surface area contributed by atoms with E-state index in [2.05, 4.69) is 0 Å². The van der Waals surface area contributed by atoms with Crippen LogP contribution in [0.4, 0.5) is 0 Å². The van der Waals surface area contributed by atoms with Gasteiger partial charge in [0.05, 0.1) is 12.7 Å². The second kappa shape index (κ2) is 2.50. The summed E-state index contributed by atoms with van der Waals surface area (Å²) in [5.41, 5.74) is 2.17. The minimum Gasteiger partial charge on any atom is -0.392 e. The third-order valence-electron chi connectivity index (χ3n) is 1.82. The summed E-state index contributed by atoms with van der Waals surface area (Å²) in [6, 6.07) is 0. The average Bonchev–Trinajstić information content (AvgIpc) is 2.10. The molecule has 0 spiro atoms. The zero-order chi connectivity index (χ0) is 6.85. The van der Waals surface area contributed by atoms with E-state index in [1.165, 1.54) is 0 Å². The fourth-order valence-corrected chi connectivity index (χ4v) is 1.23. The number of rotatable bonds is 1. The van der Waals surface area contributed by atoms with E-state index >= 15 is 0 Å². The number of hydrogen-bond acceptors (Lipinski definition) is 2. The Morgan fingerprint density at radius 2 is 2.22 bits per heavy atom. The molecule has 2 N–H and O–H groups in total. The van der Waals surface area contributed by atoms with Crippen molar-refractivity contribution in [2.24, 2.45) is 0 Å². The summed E-state index contributed by atoms with van der Waals surface area (Å²) in [5, 5.41) is 17.7. The molecule has 0 aliphatic heterocycles. The molecule has 1 aliphatic carbocycles. The molecule has 0 saturated heterocycles. The molecule has 52 valence electrons. The lowest BCUT2D eigenvalue weighted by atomic mass is 10.2. The van der Waals surface area contributed by atoms with Gasteiger partial charge in [-0.05, 0) is 25.3 Å². The summed E-state index contributed by atoms with van der Waals surface area (Å²) in [4.78, 5) is 0. The van der Waals surface area contributed by atoms with E-state index in [0.29, 0.717) is 6.42 Å². The van der Waals surface area contributed by atoms with Crippen molar-refractivity contribution in [3.8, 4) is 0 Å². The molecule has 1 rings (SSSR count). The summed E-state index contributed by atoms with van der Waals surface area (Å²) >= 11 is 0. The van der Waals surface area contributed by atoms with Gasteiger partial charge in [-0.2, -0.15) is 0 Å². The molecule has 0 aromatic rings. The monoisotopic (exact) mass is 128 g/mol. The summed E-state index contributed by atoms with van der Waals surface area (Å²) < 4.78 is 0. The van der Waals surface area contributed by atoms with Crippen molar-refractivity contribution in [3.05, 3.63) is 11.1 Å². The first kappa shape index (κ1) is 6.78. The van der Waals surface area contributed by atoms with Crippen molar-refractivity contribution in [3.63, 3.8) is 0 Å². The number of aliphatic hydroxyl groups excluding tert-OH is 2. The quantitative estimate of drug-likeness (QED) is 0.503. The molecule has 0 fully saturated rings. The third kappa shape index (κ3) is 1.32. The first-order valence-corrected chi connectivity index (χ1v) is 3.20. The van der Waals surface area contributed by atoms with Crippen LogP contribution in [0.25, 0.3) is 0 Å². The maximum atomic E-state index is 9.05. The highest BCUT2D eigenvalue weighted by Gasteiger charge is 2.17. The maximum Gasteiger partial charge on any atom is 0.0645 e. The molecule has 9 heavy (non-hydrogen) atoms. The lowest BCUT2D eigenvalue weighted by Crippen LogP contribution is -1.99. The van der Waals surface area contributed by atoms with Gasteiger partial charge in [-0.15, -0.1) is 0 Å². The van der Waals surface area contributed by atoms with Crippen LogP contribution in [0.1, 0.15) is 19.8 Å². The molecule has 0 radical (unpaired) electrons. The van der Waals surface area contributed by atoms with Crippen LogP contribution in [0.2, 0.25) is 0 Å². The molecule has 0 amide bonds. The van der Waals surface area contributed by atoms with E-state index in [1.54, 1.807) is 0 Å². The molecular weight excluding hydrogens is 116 g/mol. The van der Waals surface area contributed by atoms with Crippen molar-refractivity contribution >= 4 is 0 Å². The zero-order valence-electron chi connectivity index (χ0n) is 5.59. The van der Waals surface area contributed by atoms with Gasteiger partial charge in [-0.25, -0.2) is 0 Å². The largest absolute Gasteiger partial charge is 0.392 e. The van der Waals surface area contributed by atoms with Crippen LogP contribution in [-0.2, 0) is 0 Å². The van der Waals surface area contributed by atoms with E-state index in [0.717, 1.165) is 17.6 Å². The lowest BCUT2D eigenvalue weighted by Gasteiger charge is -1.97. The summed E-state index contributed by atoms with van der Waals surface area (Å²) in [6.45, 7) is 2.07. The highest BCUT2D eigenvalue weighted by molar-refractivity contribution is 5.19. The molecule has 0 bridgehead atoms. The van der Waals surface area contributed by atoms with Gasteiger partial charge in [0.25, 0.3) is 0 Å². The normalized spacial score (nSPS) is 27.7. The predicted octanol–water partition coefficient (Wildman–Crippen LogP) is 0.450. The van der Waals surface area contributed by atoms with Gasteiger partial charge in [0.1, 0.15) is 0 Å². The van der Waals surface area contributed by atoms with Crippen LogP contribution < -0.4 is 0 Å². The van der Waals surface area contributed by atoms with E-state index < -0.39 is 0 Å². The third-order valence-corrected chi connectivity index (χ3v) is 1.82. The SMILES string of the molecule is CC1=C(CO)C[C@H](O)C1. The summed E-state index contributed by atoms with van der Waals surface area (Å²) in [7, 11) is 0. The molecule has 1 aliphatic rings. The van der Waals surface area contributed by atoms with Gasteiger partial charge in [0.15, 0.2) is 0 Å². The minimum atomic E-state index is -0.229. The molecule has 0 saturated carbocycles. The van der Waals surface area contributed by atoms with Crippen LogP contribution >= 0.6 is 0 Å². The van der Waals surface area contributed by atoms with Gasteiger partial charge in [-0.1, -0.05) is 5.57 Å². The molecule has 0 aromatic heterocycles. The molecular formula is C7H12O2. The molecule has 0 aromatic carbocycles. The summed E-state index contributed by atoms with van der Waals surface area (Å²) in [5.74, 6) is 0. The molecule has 2 nitrogen and oxygen atoms in total. The Morgan fingerprint density at radius 3 is 2.44 bits per heavy atom. The highest BCUT2D eigenvalue weighted by Crippen LogP contribution is 2.24. The molecule has 0 unspecified atom stereocenters. The smallest absolute Gasteiger partial charge is 0.0645 e. The van der Waals surface area contributed by atoms with Gasteiger partial charge >= 0.3 is 0 Å². The predicted molar refractivity (Wildman–Crippen MR) is 35.0 cm³/mol. The standard InChI is InChI=1S/C7H12O2/c1-5-2-7(9)3-6(5)4-8/h7-9H,2-4H2,1H3/t7-/m1/s1. The minimum absolute atomic E-state index is 0.114. The van der Waals surface area contributed by atoms with Gasteiger partial charge in [-0.3, -0.25) is 0 Å². The fraction of sp³-hybridized carbons (Fsp3) is 0.714. The van der Waals surface area contributed by atoms with Gasteiger partial charge < -0.3 is 10.2 Å². The van der Waals surface area contributed by atoms with E-state index in [4.69, 9.17) is 10.2 Å². The van der Waals surface area contributed by atoms with Gasteiger partial charge in [0, 0.05) is 0 Å². The Morgan fingerprint density at radius 1 is 1.56 bits per heavy atom. The summed E-state index contributed by atoms with van der Waals surface area (Å²) in [6.07, 6.45) is 1.19. The van der Waals surface area contributed by atoms with Crippen molar-refractivity contribution in [2.75, 3.05) is 6.61 Å². The van der Waals surface area contributed by atoms with Gasteiger partial charge in [0.2, 0.25) is 0 Å². The zero-order valence-corrected chi connectivity index (χ0v) is 5.59. The Balaban J connectivity index is 2.58. The Bertz CT molecular complexity index is 138. The van der Waals surface area contributed by atoms with Crippen LogP contribution in [0, 0.1) is 0 Å². The van der Waals surface area contributed by atoms with Crippen LogP contribution in [0.3, 0.4) is 0 Å². The van der Waals surface area contributed by atoms with Crippen molar-refractivity contribution < 1.29 is 10.2 Å². The number of hydrogen-bond donors (Lipinski definition) is 2. The van der Waals surface area contributed by atoms with Crippen LogP contribution in [-0.4, -0.2) is 22.9 Å². The second-order valence-corrected chi connectivity index (χ2v) is 2.60. The van der Waals surface area contributed by atoms with E-state index in [9.17, 15) is 0 Å². The van der Waals surface area contributed by atoms with E-state index in [1.807, 2.05) is 6.92 Å². The average molecular weight is 128 g/mol. The van der Waals surface area contributed by atoms with Crippen molar-refractivity contribution in [1.29, 1.82) is 0 Å². The maximum absolute atomic E-state index is 9.05. The Kier molecular flexibility index (Phi) is 1.88. The topological polar surface area (TPSA) is 40.5 Å². The Labute approximate surface area is 54.8 Å². The highest BCUT2D eigenvalue weighted by atomic mass is 16.3. The molecule has 0 heterocycles. The molecule has 2 heteroatoms. The van der Waals surface area contributed by atoms with E-state index in [-0.39, 0.29) is 12.7 Å². The van der Waals surface area contributed by atoms with Crippen LogP contribution in [0.5, 0.6) is 0 Å². The van der Waals surface area contributed by atoms with Crippen molar-refractivity contribution in [2.45, 2.75) is 25.9 Å².